The van der Waals surface area contributed by atoms with E-state index in [-0.39, 0.29) is 82.4 Å². The van der Waals surface area contributed by atoms with Crippen LogP contribution in [0.25, 0.3) is 16.9 Å². The van der Waals surface area contributed by atoms with Gasteiger partial charge in [-0.25, -0.2) is 27.5 Å². The molecule has 2 aromatic heterocycles. The average molecular weight is 611 g/mol. The summed E-state index contributed by atoms with van der Waals surface area (Å²) in [6.45, 7) is 0.439. The number of imidazole rings is 1. The normalized spacial score (nSPS) is 11.0. The standard InChI is InChI=1S/C27H26ClF3N4O7/c1-4-40-22(36)6-5-9-41-19-10-15(28)17(11-20(19)42-13-14-18(38-2)8-7-16(30)23(14)31)35-25-24(34-27(35)37)26(39-3)33-21(12-29)32-25/h7-8,10-11H,4-6,9,12-13H2,1-3H3,(H,34,37). The van der Waals surface area contributed by atoms with Crippen molar-refractivity contribution in [3.8, 4) is 28.8 Å². The van der Waals surface area contributed by atoms with E-state index < -0.39 is 36.6 Å². The van der Waals surface area contributed by atoms with Crippen molar-refractivity contribution in [2.45, 2.75) is 33.0 Å². The topological polar surface area (TPSA) is 127 Å². The van der Waals surface area contributed by atoms with Crippen LogP contribution in [0.5, 0.6) is 23.1 Å². The van der Waals surface area contributed by atoms with Crippen LogP contribution < -0.4 is 24.6 Å². The Labute approximate surface area is 242 Å². The summed E-state index contributed by atoms with van der Waals surface area (Å²) in [4.78, 5) is 35.3. The van der Waals surface area contributed by atoms with Gasteiger partial charge in [0, 0.05) is 18.6 Å². The van der Waals surface area contributed by atoms with Crippen molar-refractivity contribution in [3.05, 3.63) is 62.8 Å². The number of H-pyrrole nitrogens is 1. The number of aromatic amines is 1. The zero-order valence-electron chi connectivity index (χ0n) is 22.8. The third-order valence-electron chi connectivity index (χ3n) is 5.95. The van der Waals surface area contributed by atoms with Crippen LogP contribution in [0.2, 0.25) is 5.02 Å². The third-order valence-corrected chi connectivity index (χ3v) is 6.25. The van der Waals surface area contributed by atoms with E-state index in [0.717, 1.165) is 10.6 Å². The fourth-order valence-electron chi connectivity index (χ4n) is 4.04. The number of aromatic nitrogens is 4. The summed E-state index contributed by atoms with van der Waals surface area (Å²) in [6.07, 6.45) is 0.374. The van der Waals surface area contributed by atoms with E-state index in [1.54, 1.807) is 6.92 Å². The van der Waals surface area contributed by atoms with Gasteiger partial charge in [-0.3, -0.25) is 9.78 Å². The molecule has 4 rings (SSSR count). The first kappa shape index (κ1) is 30.5. The van der Waals surface area contributed by atoms with Gasteiger partial charge in [-0.05, 0) is 25.5 Å². The molecule has 0 unspecified atom stereocenters. The van der Waals surface area contributed by atoms with E-state index >= 15 is 0 Å². The Balaban J connectivity index is 1.77. The minimum atomic E-state index is -1.17. The molecule has 0 amide bonds. The van der Waals surface area contributed by atoms with Crippen molar-refractivity contribution in [1.82, 2.24) is 19.5 Å². The largest absolute Gasteiger partial charge is 0.496 e. The SMILES string of the molecule is CCOC(=O)CCCOc1cc(Cl)c(-n2c(=O)[nH]c3c(OC)nc(CF)nc32)cc1OCc1c(OC)ccc(F)c1F. The first-order valence-electron chi connectivity index (χ1n) is 12.6. The maximum atomic E-state index is 14.6. The molecule has 2 aromatic carbocycles. The third kappa shape index (κ3) is 6.38. The van der Waals surface area contributed by atoms with Crippen LogP contribution in [0.3, 0.4) is 0 Å². The molecular weight excluding hydrogens is 585 g/mol. The maximum absolute atomic E-state index is 14.6. The molecule has 0 bridgehead atoms. The van der Waals surface area contributed by atoms with Crippen LogP contribution in [0, 0.1) is 11.6 Å². The van der Waals surface area contributed by atoms with Crippen molar-refractivity contribution in [2.24, 2.45) is 0 Å². The van der Waals surface area contributed by atoms with E-state index in [9.17, 15) is 22.8 Å². The number of halogens is 4. The lowest BCUT2D eigenvalue weighted by Crippen LogP contribution is -2.16. The molecule has 11 nitrogen and oxygen atoms in total. The van der Waals surface area contributed by atoms with Crippen molar-refractivity contribution < 1.29 is 41.7 Å². The summed E-state index contributed by atoms with van der Waals surface area (Å²) >= 11 is 6.57. The maximum Gasteiger partial charge on any atom is 0.332 e. The lowest BCUT2D eigenvalue weighted by Gasteiger charge is -2.17. The van der Waals surface area contributed by atoms with Crippen molar-refractivity contribution >= 4 is 28.7 Å². The van der Waals surface area contributed by atoms with E-state index in [1.165, 1.54) is 32.4 Å². The number of rotatable bonds is 13. The Hall–Kier alpha value is -4.46. The number of nitrogens with zero attached hydrogens (tertiary/aromatic N) is 3. The van der Waals surface area contributed by atoms with Gasteiger partial charge in [0.15, 0.2) is 34.6 Å². The lowest BCUT2D eigenvalue weighted by atomic mass is 10.2. The number of fused-ring (bicyclic) bond motifs is 1. The van der Waals surface area contributed by atoms with Gasteiger partial charge in [-0.2, -0.15) is 4.98 Å². The van der Waals surface area contributed by atoms with Crippen LogP contribution in [-0.2, 0) is 22.8 Å². The molecule has 224 valence electrons. The summed E-state index contributed by atoms with van der Waals surface area (Å²) < 4.78 is 70.1. The zero-order valence-corrected chi connectivity index (χ0v) is 23.5. The second-order valence-electron chi connectivity index (χ2n) is 8.59. The molecular formula is C27H26ClF3N4O7. The van der Waals surface area contributed by atoms with Gasteiger partial charge in [-0.15, -0.1) is 0 Å². The number of hydrogen-bond acceptors (Lipinski definition) is 9. The number of carbonyl (C=O) groups is 1. The number of carbonyl (C=O) groups excluding carboxylic acids is 1. The highest BCUT2D eigenvalue weighted by Crippen LogP contribution is 2.38. The molecule has 0 fully saturated rings. The Kier molecular flexibility index (Phi) is 9.78. The molecule has 2 heterocycles. The summed E-state index contributed by atoms with van der Waals surface area (Å²) in [5.41, 5.74) is -0.824. The minimum absolute atomic E-state index is 0.000336. The highest BCUT2D eigenvalue weighted by Gasteiger charge is 2.22. The van der Waals surface area contributed by atoms with Gasteiger partial charge in [-0.1, -0.05) is 11.6 Å². The number of ether oxygens (including phenoxy) is 5. The Morgan fingerprint density at radius 2 is 1.83 bits per heavy atom. The van der Waals surface area contributed by atoms with Crippen molar-refractivity contribution in [3.63, 3.8) is 0 Å². The van der Waals surface area contributed by atoms with E-state index in [0.29, 0.717) is 0 Å². The summed E-state index contributed by atoms with van der Waals surface area (Å²) in [5.74, 6) is -2.89. The van der Waals surface area contributed by atoms with Crippen LogP contribution >= 0.6 is 11.6 Å². The Bertz CT molecular complexity index is 1660. The number of esters is 1. The smallest absolute Gasteiger partial charge is 0.332 e. The average Bonchev–Trinajstić information content (AvgIpc) is 3.31. The summed E-state index contributed by atoms with van der Waals surface area (Å²) in [6, 6.07) is 4.83. The van der Waals surface area contributed by atoms with E-state index in [2.05, 4.69) is 15.0 Å². The van der Waals surface area contributed by atoms with Gasteiger partial charge in [0.25, 0.3) is 0 Å². The molecule has 0 saturated carbocycles. The van der Waals surface area contributed by atoms with Gasteiger partial charge < -0.3 is 23.7 Å². The predicted octanol–water partition coefficient (Wildman–Crippen LogP) is 4.83. The molecule has 0 spiro atoms. The van der Waals surface area contributed by atoms with Gasteiger partial charge >= 0.3 is 11.7 Å². The lowest BCUT2D eigenvalue weighted by molar-refractivity contribution is -0.143. The Morgan fingerprint density at radius 3 is 2.52 bits per heavy atom. The van der Waals surface area contributed by atoms with Crippen LogP contribution in [0.1, 0.15) is 31.2 Å². The van der Waals surface area contributed by atoms with Crippen molar-refractivity contribution in [1.29, 1.82) is 0 Å². The summed E-state index contributed by atoms with van der Waals surface area (Å²) in [5, 5.41) is -0.000336. The fraction of sp³-hybridized carbons (Fsp3) is 0.333. The monoisotopic (exact) mass is 610 g/mol. The van der Waals surface area contributed by atoms with Gasteiger partial charge in [0.2, 0.25) is 5.88 Å². The van der Waals surface area contributed by atoms with Crippen LogP contribution in [0.4, 0.5) is 13.2 Å². The minimum Gasteiger partial charge on any atom is -0.496 e. The fourth-order valence-corrected chi connectivity index (χ4v) is 4.27. The molecule has 0 radical (unpaired) electrons. The van der Waals surface area contributed by atoms with Gasteiger partial charge in [0.1, 0.15) is 24.5 Å². The molecule has 0 atom stereocenters. The molecule has 0 aliphatic rings. The first-order valence-corrected chi connectivity index (χ1v) is 13.0. The number of hydrogen-bond donors (Lipinski definition) is 1. The molecule has 0 aliphatic carbocycles. The highest BCUT2D eigenvalue weighted by molar-refractivity contribution is 6.32. The quantitative estimate of drug-likeness (QED) is 0.167. The molecule has 42 heavy (non-hydrogen) atoms. The van der Waals surface area contributed by atoms with Crippen molar-refractivity contribution in [2.75, 3.05) is 27.4 Å². The highest BCUT2D eigenvalue weighted by atomic mass is 35.5. The first-order chi connectivity index (χ1) is 20.2. The summed E-state index contributed by atoms with van der Waals surface area (Å²) in [7, 11) is 2.59. The number of alkyl halides is 1. The Morgan fingerprint density at radius 1 is 1.07 bits per heavy atom. The molecule has 15 heteroatoms. The van der Waals surface area contributed by atoms with E-state index in [4.69, 9.17) is 35.3 Å². The predicted molar refractivity (Wildman–Crippen MR) is 144 cm³/mol. The molecule has 0 saturated heterocycles. The van der Waals surface area contributed by atoms with E-state index in [1.807, 2.05) is 0 Å². The number of nitrogens with one attached hydrogen (secondary N) is 1. The molecule has 1 N–H and O–H groups in total. The molecule has 4 aromatic rings. The zero-order chi connectivity index (χ0) is 30.4. The number of methoxy groups -OCH3 is 2. The second kappa shape index (κ2) is 13.5. The van der Waals surface area contributed by atoms with Gasteiger partial charge in [0.05, 0.1) is 43.7 Å². The number of benzene rings is 2. The van der Waals surface area contributed by atoms with Crippen LogP contribution in [-0.4, -0.2) is 52.9 Å². The molecule has 0 aliphatic heterocycles. The second-order valence-corrected chi connectivity index (χ2v) is 8.99. The van der Waals surface area contributed by atoms with Crippen LogP contribution in [0.15, 0.2) is 29.1 Å².